The maximum Gasteiger partial charge on any atom is 0.255 e. The number of hydrazone groups is 1. The third kappa shape index (κ3) is 6.17. The number of carbonyl (C=O) groups excluding carboxylic acids is 1. The lowest BCUT2D eigenvalue weighted by atomic mass is 10.2. The van der Waals surface area contributed by atoms with Gasteiger partial charge in [0.1, 0.15) is 5.82 Å². The van der Waals surface area contributed by atoms with Crippen molar-refractivity contribution >= 4 is 33.7 Å². The van der Waals surface area contributed by atoms with Crippen LogP contribution in [0.25, 0.3) is 0 Å². The summed E-state index contributed by atoms with van der Waals surface area (Å²) in [7, 11) is -4.12. The van der Waals surface area contributed by atoms with Crippen molar-refractivity contribution in [2.75, 3.05) is 6.54 Å². The van der Waals surface area contributed by atoms with E-state index >= 15 is 0 Å². The lowest BCUT2D eigenvalue weighted by Crippen LogP contribution is -2.39. The number of sulfonamides is 1. The molecule has 31 heavy (non-hydrogen) atoms. The summed E-state index contributed by atoms with van der Waals surface area (Å²) in [5, 5.41) is 4.18. The van der Waals surface area contributed by atoms with Crippen molar-refractivity contribution in [1.29, 1.82) is 0 Å². The molecule has 1 heterocycles. The summed E-state index contributed by atoms with van der Waals surface area (Å²) in [5.74, 6) is -1.26. The van der Waals surface area contributed by atoms with Gasteiger partial charge in [0.25, 0.3) is 5.91 Å². The average Bonchev–Trinajstić information content (AvgIpc) is 2.76. The first-order valence-electron chi connectivity index (χ1n) is 9.07. The van der Waals surface area contributed by atoms with E-state index in [0.29, 0.717) is 10.6 Å². The molecule has 1 aromatic heterocycles. The highest BCUT2D eigenvalue weighted by Gasteiger charge is 2.27. The van der Waals surface area contributed by atoms with Crippen LogP contribution in [0, 0.1) is 5.82 Å². The molecule has 0 bridgehead atoms. The third-order valence-electron chi connectivity index (χ3n) is 4.18. The number of hydrogen-bond donors (Lipinski definition) is 1. The Bertz CT molecular complexity index is 1170. The zero-order valence-electron chi connectivity index (χ0n) is 16.2. The molecule has 0 saturated carbocycles. The summed E-state index contributed by atoms with van der Waals surface area (Å²) in [6, 6.07) is 14.6. The largest absolute Gasteiger partial charge is 0.272 e. The fourth-order valence-corrected chi connectivity index (χ4v) is 4.12. The lowest BCUT2D eigenvalue weighted by Gasteiger charge is -2.21. The molecule has 0 fully saturated rings. The van der Waals surface area contributed by atoms with Crippen molar-refractivity contribution in [3.8, 4) is 0 Å². The Kier molecular flexibility index (Phi) is 7.45. The molecule has 10 heteroatoms. The second-order valence-corrected chi connectivity index (χ2v) is 8.77. The molecule has 3 aromatic rings. The number of rotatable bonds is 8. The van der Waals surface area contributed by atoms with Gasteiger partial charge in [-0.1, -0.05) is 29.8 Å². The van der Waals surface area contributed by atoms with E-state index in [1.54, 1.807) is 30.6 Å². The number of hydrogen-bond acceptors (Lipinski definition) is 5. The molecule has 3 rings (SSSR count). The number of benzene rings is 2. The predicted octanol–water partition coefficient (Wildman–Crippen LogP) is 3.22. The van der Waals surface area contributed by atoms with Crippen LogP contribution in [-0.2, 0) is 21.4 Å². The Morgan fingerprint density at radius 2 is 1.77 bits per heavy atom. The summed E-state index contributed by atoms with van der Waals surface area (Å²) in [6.07, 6.45) is 4.53. The van der Waals surface area contributed by atoms with Crippen LogP contribution < -0.4 is 5.43 Å². The highest BCUT2D eigenvalue weighted by molar-refractivity contribution is 7.89. The number of pyridine rings is 1. The van der Waals surface area contributed by atoms with E-state index in [2.05, 4.69) is 15.5 Å². The van der Waals surface area contributed by atoms with Gasteiger partial charge in [-0.25, -0.2) is 18.2 Å². The van der Waals surface area contributed by atoms with Crippen molar-refractivity contribution in [1.82, 2.24) is 14.7 Å². The molecule has 1 N–H and O–H groups in total. The maximum absolute atomic E-state index is 14.2. The standard InChI is InChI=1S/C21H18ClFN4O3S/c22-18-5-7-19(8-6-18)31(29,30)27(14-17-3-1-2-4-20(17)23)15-21(28)26-25-13-16-9-11-24-12-10-16/h1-13H,14-15H2,(H,26,28)/b25-13-. The van der Waals surface area contributed by atoms with Gasteiger partial charge in [0.2, 0.25) is 10.0 Å². The Hall–Kier alpha value is -3.14. The molecular weight excluding hydrogens is 443 g/mol. The smallest absolute Gasteiger partial charge is 0.255 e. The first kappa shape index (κ1) is 22.5. The molecule has 1 amide bonds. The van der Waals surface area contributed by atoms with Gasteiger partial charge in [0.15, 0.2) is 0 Å². The van der Waals surface area contributed by atoms with Gasteiger partial charge in [-0.3, -0.25) is 9.78 Å². The summed E-state index contributed by atoms with van der Waals surface area (Å²) < 4.78 is 41.3. The van der Waals surface area contributed by atoms with Crippen LogP contribution in [0.2, 0.25) is 5.02 Å². The molecule has 160 valence electrons. The van der Waals surface area contributed by atoms with E-state index in [1.807, 2.05) is 0 Å². The number of halogens is 2. The van der Waals surface area contributed by atoms with Crippen molar-refractivity contribution in [2.24, 2.45) is 5.10 Å². The predicted molar refractivity (Wildman–Crippen MR) is 115 cm³/mol. The van der Waals surface area contributed by atoms with Crippen LogP contribution in [0.15, 0.2) is 83.1 Å². The summed E-state index contributed by atoms with van der Waals surface area (Å²) in [6.45, 7) is -0.897. The minimum absolute atomic E-state index is 0.0682. The zero-order chi connectivity index (χ0) is 22.3. The normalized spacial score (nSPS) is 11.7. The molecule has 0 unspecified atom stereocenters. The molecule has 0 aliphatic carbocycles. The molecule has 0 radical (unpaired) electrons. The van der Waals surface area contributed by atoms with Gasteiger partial charge in [0.05, 0.1) is 17.7 Å². The van der Waals surface area contributed by atoms with E-state index in [-0.39, 0.29) is 17.0 Å². The van der Waals surface area contributed by atoms with Gasteiger partial charge >= 0.3 is 0 Å². The molecule has 0 atom stereocenters. The fourth-order valence-electron chi connectivity index (χ4n) is 2.62. The van der Waals surface area contributed by atoms with Gasteiger partial charge in [-0.15, -0.1) is 0 Å². The molecule has 0 aliphatic rings. The number of nitrogens with one attached hydrogen (secondary N) is 1. The number of aromatic nitrogens is 1. The Balaban J connectivity index is 1.81. The van der Waals surface area contributed by atoms with E-state index in [1.165, 1.54) is 48.7 Å². The number of nitrogens with zero attached hydrogens (tertiary/aromatic N) is 3. The van der Waals surface area contributed by atoms with Crippen LogP contribution in [0.1, 0.15) is 11.1 Å². The van der Waals surface area contributed by atoms with Crippen molar-refractivity contribution < 1.29 is 17.6 Å². The minimum atomic E-state index is -4.12. The average molecular weight is 461 g/mol. The lowest BCUT2D eigenvalue weighted by molar-refractivity contribution is -0.121. The number of amides is 1. The SMILES string of the molecule is O=C(CN(Cc1ccccc1F)S(=O)(=O)c1ccc(Cl)cc1)N/N=C\c1ccncc1. The monoisotopic (exact) mass is 460 g/mol. The van der Waals surface area contributed by atoms with Gasteiger partial charge < -0.3 is 0 Å². The van der Waals surface area contributed by atoms with Crippen LogP contribution in [0.4, 0.5) is 4.39 Å². The fraction of sp³-hybridized carbons (Fsp3) is 0.0952. The highest BCUT2D eigenvalue weighted by atomic mass is 35.5. The van der Waals surface area contributed by atoms with Gasteiger partial charge in [-0.2, -0.15) is 9.41 Å². The molecule has 2 aromatic carbocycles. The maximum atomic E-state index is 14.2. The zero-order valence-corrected chi connectivity index (χ0v) is 17.7. The van der Waals surface area contributed by atoms with Crippen LogP contribution >= 0.6 is 11.6 Å². The Morgan fingerprint density at radius 3 is 2.45 bits per heavy atom. The second-order valence-electron chi connectivity index (χ2n) is 6.39. The van der Waals surface area contributed by atoms with E-state index in [0.717, 1.165) is 4.31 Å². The summed E-state index contributed by atoms with van der Waals surface area (Å²) >= 11 is 5.84. The van der Waals surface area contributed by atoms with Crippen LogP contribution in [-0.4, -0.2) is 36.4 Å². The molecule has 0 aliphatic heterocycles. The summed E-state index contributed by atoms with van der Waals surface area (Å²) in [4.78, 5) is 16.2. The van der Waals surface area contributed by atoms with Crippen molar-refractivity contribution in [2.45, 2.75) is 11.4 Å². The Morgan fingerprint density at radius 1 is 1.10 bits per heavy atom. The quantitative estimate of drug-likeness (QED) is 0.412. The minimum Gasteiger partial charge on any atom is -0.272 e. The second kappa shape index (κ2) is 10.3. The first-order chi connectivity index (χ1) is 14.9. The molecule has 0 saturated heterocycles. The third-order valence-corrected chi connectivity index (χ3v) is 6.24. The number of carbonyl (C=O) groups is 1. The Labute approximate surface area is 184 Å². The van der Waals surface area contributed by atoms with Crippen molar-refractivity contribution in [3.05, 3.63) is 95.0 Å². The first-order valence-corrected chi connectivity index (χ1v) is 10.9. The van der Waals surface area contributed by atoms with Gasteiger partial charge in [0, 0.05) is 29.5 Å². The van der Waals surface area contributed by atoms with Crippen LogP contribution in [0.5, 0.6) is 0 Å². The molecule has 0 spiro atoms. The van der Waals surface area contributed by atoms with E-state index < -0.39 is 28.3 Å². The highest BCUT2D eigenvalue weighted by Crippen LogP contribution is 2.21. The topological polar surface area (TPSA) is 91.7 Å². The van der Waals surface area contributed by atoms with E-state index in [4.69, 9.17) is 11.6 Å². The van der Waals surface area contributed by atoms with Crippen LogP contribution in [0.3, 0.4) is 0 Å². The van der Waals surface area contributed by atoms with E-state index in [9.17, 15) is 17.6 Å². The van der Waals surface area contributed by atoms with Gasteiger partial charge in [-0.05, 0) is 48.0 Å². The molecule has 7 nitrogen and oxygen atoms in total. The van der Waals surface area contributed by atoms with Crippen molar-refractivity contribution in [3.63, 3.8) is 0 Å². The molecular formula is C21H18ClFN4O3S. The summed E-state index contributed by atoms with van der Waals surface area (Å²) in [5.41, 5.74) is 3.12.